The highest BCUT2D eigenvalue weighted by Crippen LogP contribution is 2.34. The smallest absolute Gasteiger partial charge is 0.332 e. The highest BCUT2D eigenvalue weighted by Gasteiger charge is 2.31. The molecule has 0 amide bonds. The molecule has 2 heterocycles. The van der Waals surface area contributed by atoms with Crippen LogP contribution in [0.5, 0.6) is 0 Å². The highest BCUT2D eigenvalue weighted by molar-refractivity contribution is 7.98. The summed E-state index contributed by atoms with van der Waals surface area (Å²) >= 11 is 2.98. The molecule has 0 saturated heterocycles. The van der Waals surface area contributed by atoms with E-state index in [1.54, 1.807) is 0 Å². The zero-order chi connectivity index (χ0) is 24.4. The molecule has 0 radical (unpaired) electrons. The molecule has 0 saturated carbocycles. The Labute approximate surface area is 208 Å². The Bertz CT molecular complexity index is 1440. The molecule has 1 N–H and O–H groups in total. The van der Waals surface area contributed by atoms with Gasteiger partial charge in [-0.25, -0.2) is 9.97 Å². The Hall–Kier alpha value is -3.30. The van der Waals surface area contributed by atoms with Crippen molar-refractivity contribution in [2.75, 3.05) is 5.32 Å². The maximum absolute atomic E-state index is 13.3. The zero-order valence-electron chi connectivity index (χ0n) is 18.7. The van der Waals surface area contributed by atoms with Crippen molar-refractivity contribution in [2.24, 2.45) is 0 Å². The lowest BCUT2D eigenvalue weighted by Gasteiger charge is -2.10. The van der Waals surface area contributed by atoms with Gasteiger partial charge in [0, 0.05) is 16.8 Å². The lowest BCUT2D eigenvalue weighted by Crippen LogP contribution is -2.05. The van der Waals surface area contributed by atoms with E-state index in [1.165, 1.54) is 34.7 Å². The lowest BCUT2D eigenvalue weighted by atomic mass is 10.2. The number of fused-ring (bicyclic) bond motifs is 1. The average molecular weight is 511 g/mol. The minimum atomic E-state index is -4.41. The third kappa shape index (κ3) is 5.52. The fourth-order valence-electron chi connectivity index (χ4n) is 3.64. The van der Waals surface area contributed by atoms with Crippen LogP contribution in [0, 0.1) is 6.92 Å². The molecule has 0 spiro atoms. The van der Waals surface area contributed by atoms with Crippen molar-refractivity contribution in [3.05, 3.63) is 101 Å². The van der Waals surface area contributed by atoms with Gasteiger partial charge in [-0.05, 0) is 42.8 Å². The maximum atomic E-state index is 13.3. The molecule has 0 fully saturated rings. The number of halogens is 3. The van der Waals surface area contributed by atoms with Gasteiger partial charge in [0.25, 0.3) is 0 Å². The lowest BCUT2D eigenvalue weighted by molar-refractivity contribution is -0.137. The molecular weight excluding hydrogens is 489 g/mol. The van der Waals surface area contributed by atoms with Crippen LogP contribution in [0.25, 0.3) is 11.0 Å². The average Bonchev–Trinajstić information content (AvgIpc) is 3.43. The van der Waals surface area contributed by atoms with Crippen molar-refractivity contribution in [1.29, 1.82) is 0 Å². The van der Waals surface area contributed by atoms with E-state index in [0.29, 0.717) is 28.5 Å². The molecule has 0 bridgehead atoms. The first-order valence-electron chi connectivity index (χ1n) is 10.9. The molecule has 35 heavy (non-hydrogen) atoms. The van der Waals surface area contributed by atoms with Crippen molar-refractivity contribution in [3.8, 4) is 0 Å². The normalized spacial score (nSPS) is 11.8. The minimum absolute atomic E-state index is 0.332. The van der Waals surface area contributed by atoms with Gasteiger partial charge in [0.05, 0.1) is 28.8 Å². The second-order valence-electron chi connectivity index (χ2n) is 8.09. The number of nitrogens with zero attached hydrogens (tertiary/aromatic N) is 3. The fourth-order valence-corrected chi connectivity index (χ4v) is 5.38. The first-order valence-corrected chi connectivity index (χ1v) is 12.7. The number of aromatic nitrogens is 3. The van der Waals surface area contributed by atoms with Crippen LogP contribution in [0.4, 0.5) is 24.0 Å². The number of hydrogen-bond donors (Lipinski definition) is 1. The first-order chi connectivity index (χ1) is 16.8. The van der Waals surface area contributed by atoms with E-state index < -0.39 is 11.7 Å². The van der Waals surface area contributed by atoms with E-state index in [2.05, 4.69) is 15.3 Å². The number of anilines is 2. The van der Waals surface area contributed by atoms with E-state index in [4.69, 9.17) is 0 Å². The van der Waals surface area contributed by atoms with Crippen molar-refractivity contribution >= 4 is 45.0 Å². The molecule has 2 aromatic heterocycles. The van der Waals surface area contributed by atoms with E-state index in [-0.39, 0.29) is 0 Å². The number of nitrogens with one attached hydrogen (secondary N) is 1. The molecule has 0 aliphatic heterocycles. The largest absolute Gasteiger partial charge is 0.416 e. The second-order valence-corrected chi connectivity index (χ2v) is 9.89. The summed E-state index contributed by atoms with van der Waals surface area (Å²) in [5, 5.41) is 6.73. The van der Waals surface area contributed by atoms with Gasteiger partial charge >= 0.3 is 6.18 Å². The predicted molar refractivity (Wildman–Crippen MR) is 136 cm³/mol. The number of alkyl halides is 3. The van der Waals surface area contributed by atoms with Gasteiger partial charge in [0.15, 0.2) is 10.3 Å². The number of imidazole rings is 1. The Balaban J connectivity index is 1.39. The summed E-state index contributed by atoms with van der Waals surface area (Å²) < 4.78 is 41.8. The predicted octanol–water partition coefficient (Wildman–Crippen LogP) is 7.90. The summed E-state index contributed by atoms with van der Waals surface area (Å²) in [6.07, 6.45) is -4.41. The molecular formula is C26H21F3N4S2. The van der Waals surface area contributed by atoms with Crippen molar-refractivity contribution in [3.63, 3.8) is 0 Å². The van der Waals surface area contributed by atoms with Gasteiger partial charge in [-0.2, -0.15) is 13.2 Å². The van der Waals surface area contributed by atoms with Crippen molar-refractivity contribution in [2.45, 2.75) is 30.6 Å². The number of aryl methyl sites for hydroxylation is 1. The van der Waals surface area contributed by atoms with Gasteiger partial charge in [-0.15, -0.1) is 11.3 Å². The molecule has 5 rings (SSSR count). The summed E-state index contributed by atoms with van der Waals surface area (Å²) in [5.74, 6) is 0.552. The molecule has 3 aromatic carbocycles. The number of hydrogen-bond acceptors (Lipinski definition) is 5. The first kappa shape index (κ1) is 23.4. The Morgan fingerprint density at radius 3 is 2.49 bits per heavy atom. The number of benzene rings is 3. The highest BCUT2D eigenvalue weighted by atomic mass is 32.2. The van der Waals surface area contributed by atoms with Crippen LogP contribution in [0.1, 0.15) is 22.4 Å². The Morgan fingerprint density at radius 2 is 1.74 bits per heavy atom. The second kappa shape index (κ2) is 9.75. The van der Waals surface area contributed by atoms with Gasteiger partial charge in [-0.3, -0.25) is 0 Å². The topological polar surface area (TPSA) is 42.7 Å². The zero-order valence-corrected chi connectivity index (χ0v) is 20.3. The van der Waals surface area contributed by atoms with E-state index in [0.717, 1.165) is 34.2 Å². The summed E-state index contributed by atoms with van der Waals surface area (Å²) in [6, 6.07) is 21.6. The standard InChI is InChI=1S/C26H21F3N4S2/c1-17-7-10-20(11-8-17)30-24-31-21(15-34-24)16-35-25-32-22-13-19(26(27,28)29)9-12-23(22)33(25)14-18-5-3-2-4-6-18/h2-13,15H,14,16H2,1H3,(H,30,31). The van der Waals surface area contributed by atoms with Crippen molar-refractivity contribution < 1.29 is 13.2 Å². The molecule has 0 unspecified atom stereocenters. The van der Waals surface area contributed by atoms with Crippen LogP contribution in [0.2, 0.25) is 0 Å². The molecule has 178 valence electrons. The number of thioether (sulfide) groups is 1. The van der Waals surface area contributed by atoms with Gasteiger partial charge in [0.2, 0.25) is 0 Å². The third-order valence-corrected chi connectivity index (χ3v) is 7.24. The third-order valence-electron chi connectivity index (χ3n) is 5.43. The maximum Gasteiger partial charge on any atom is 0.416 e. The SMILES string of the molecule is Cc1ccc(Nc2nc(CSc3nc4cc(C(F)(F)F)ccc4n3Cc3ccccc3)cs2)cc1. The number of rotatable bonds is 7. The van der Waals surface area contributed by atoms with Gasteiger partial charge in [0.1, 0.15) is 0 Å². The van der Waals surface area contributed by atoms with Crippen molar-refractivity contribution in [1.82, 2.24) is 14.5 Å². The molecule has 5 aromatic rings. The van der Waals surface area contributed by atoms with Crippen LogP contribution in [0.3, 0.4) is 0 Å². The molecule has 9 heteroatoms. The number of thiazole rings is 1. The molecule has 0 aliphatic rings. The van der Waals surface area contributed by atoms with Gasteiger partial charge < -0.3 is 9.88 Å². The summed E-state index contributed by atoms with van der Waals surface area (Å²) in [5.41, 5.74) is 4.39. The quantitative estimate of drug-likeness (QED) is 0.226. The van der Waals surface area contributed by atoms with Crippen LogP contribution < -0.4 is 5.32 Å². The Kier molecular flexibility index (Phi) is 6.53. The minimum Gasteiger partial charge on any atom is -0.332 e. The van der Waals surface area contributed by atoms with Crippen LogP contribution in [-0.2, 0) is 18.5 Å². The molecule has 4 nitrogen and oxygen atoms in total. The summed E-state index contributed by atoms with van der Waals surface area (Å²) in [6.45, 7) is 2.56. The van der Waals surface area contributed by atoms with Gasteiger partial charge in [-0.1, -0.05) is 59.8 Å². The molecule has 0 atom stereocenters. The van der Waals surface area contributed by atoms with Crippen LogP contribution in [0.15, 0.2) is 83.3 Å². The van der Waals surface area contributed by atoms with Crippen LogP contribution in [-0.4, -0.2) is 14.5 Å². The van der Waals surface area contributed by atoms with E-state index in [1.807, 2.05) is 71.5 Å². The Morgan fingerprint density at radius 1 is 0.971 bits per heavy atom. The van der Waals surface area contributed by atoms with Crippen LogP contribution >= 0.6 is 23.1 Å². The molecule has 0 aliphatic carbocycles. The fraction of sp³-hybridized carbons (Fsp3) is 0.154. The van der Waals surface area contributed by atoms with E-state index >= 15 is 0 Å². The summed E-state index contributed by atoms with van der Waals surface area (Å²) in [7, 11) is 0. The monoisotopic (exact) mass is 510 g/mol. The van der Waals surface area contributed by atoms with E-state index in [9.17, 15) is 13.2 Å². The summed E-state index contributed by atoms with van der Waals surface area (Å²) in [4.78, 5) is 9.22.